The number of hydrogen-bond acceptors (Lipinski definition) is 2. The number of benzene rings is 1. The Morgan fingerprint density at radius 1 is 1.47 bits per heavy atom. The maximum Gasteiger partial charge on any atom is 0.326 e. The topological polar surface area (TPSA) is 69.6 Å². The van der Waals surface area contributed by atoms with Crippen LogP contribution in [0.2, 0.25) is 5.02 Å². The van der Waals surface area contributed by atoms with Gasteiger partial charge in [0.1, 0.15) is 6.04 Å². The van der Waals surface area contributed by atoms with Crippen LogP contribution in [0, 0.1) is 6.92 Å². The fraction of sp³-hybridized carbons (Fsp3) is 0.385. The molecule has 1 atom stereocenters. The van der Waals surface area contributed by atoms with Gasteiger partial charge in [-0.1, -0.05) is 17.7 Å². The van der Waals surface area contributed by atoms with Crippen molar-refractivity contribution >= 4 is 29.3 Å². The smallest absolute Gasteiger partial charge is 0.326 e. The predicted octanol–water partition coefficient (Wildman–Crippen LogP) is 2.73. The number of halogens is 1. The first-order valence-electron chi connectivity index (χ1n) is 6.05. The molecule has 0 radical (unpaired) electrons. The lowest BCUT2D eigenvalue weighted by atomic mass is 10.2. The molecule has 0 unspecified atom stereocenters. The van der Waals surface area contributed by atoms with Gasteiger partial charge in [-0.2, -0.15) is 0 Å². The first kappa shape index (κ1) is 13.7. The Kier molecular flexibility index (Phi) is 3.95. The van der Waals surface area contributed by atoms with Crippen LogP contribution in [0.4, 0.5) is 10.5 Å². The van der Waals surface area contributed by atoms with E-state index in [4.69, 9.17) is 16.7 Å². The van der Waals surface area contributed by atoms with Crippen molar-refractivity contribution in [1.82, 2.24) is 4.90 Å². The van der Waals surface area contributed by atoms with E-state index in [0.29, 0.717) is 30.1 Å². The van der Waals surface area contributed by atoms with Gasteiger partial charge in [0.15, 0.2) is 0 Å². The molecule has 0 aromatic heterocycles. The standard InChI is InChI=1S/C13H15ClN2O3/c1-8-4-5-10(9(14)7-8)15-13(19)16-6-2-3-11(16)12(17)18/h4-5,7,11H,2-3,6H2,1H3,(H,15,19)(H,17,18)/t11-/m1/s1. The molecule has 1 aromatic carbocycles. The van der Waals surface area contributed by atoms with Crippen LogP contribution in [0.15, 0.2) is 18.2 Å². The van der Waals surface area contributed by atoms with E-state index in [2.05, 4.69) is 5.32 Å². The monoisotopic (exact) mass is 282 g/mol. The summed E-state index contributed by atoms with van der Waals surface area (Å²) in [7, 11) is 0. The summed E-state index contributed by atoms with van der Waals surface area (Å²) >= 11 is 6.03. The summed E-state index contributed by atoms with van der Waals surface area (Å²) in [5.74, 6) is -0.970. The number of carboxylic acid groups (broad SMARTS) is 1. The van der Waals surface area contributed by atoms with Crippen LogP contribution in [0.5, 0.6) is 0 Å². The molecule has 1 aliphatic rings. The van der Waals surface area contributed by atoms with Crippen molar-refractivity contribution < 1.29 is 14.7 Å². The molecule has 0 saturated carbocycles. The number of amides is 2. The summed E-state index contributed by atoms with van der Waals surface area (Å²) in [4.78, 5) is 24.4. The number of aliphatic carboxylic acids is 1. The molecule has 1 saturated heterocycles. The summed E-state index contributed by atoms with van der Waals surface area (Å²) in [6.45, 7) is 2.35. The minimum atomic E-state index is -0.970. The van der Waals surface area contributed by atoms with Gasteiger partial charge < -0.3 is 15.3 Å². The van der Waals surface area contributed by atoms with Gasteiger partial charge in [-0.15, -0.1) is 0 Å². The van der Waals surface area contributed by atoms with Crippen molar-refractivity contribution in [1.29, 1.82) is 0 Å². The zero-order valence-corrected chi connectivity index (χ0v) is 11.3. The first-order valence-corrected chi connectivity index (χ1v) is 6.43. The molecule has 5 nitrogen and oxygen atoms in total. The molecule has 1 heterocycles. The van der Waals surface area contributed by atoms with Gasteiger partial charge in [0.2, 0.25) is 0 Å². The normalized spacial score (nSPS) is 18.4. The number of aryl methyl sites for hydroxylation is 1. The molecule has 0 aliphatic carbocycles. The minimum absolute atomic E-state index is 0.421. The average Bonchev–Trinajstić information content (AvgIpc) is 2.82. The molecule has 6 heteroatoms. The van der Waals surface area contributed by atoms with Crippen LogP contribution in [0.1, 0.15) is 18.4 Å². The quantitative estimate of drug-likeness (QED) is 0.876. The molecule has 0 bridgehead atoms. The van der Waals surface area contributed by atoms with Gasteiger partial charge in [0, 0.05) is 6.54 Å². The lowest BCUT2D eigenvalue weighted by Crippen LogP contribution is -2.42. The van der Waals surface area contributed by atoms with E-state index in [9.17, 15) is 9.59 Å². The average molecular weight is 283 g/mol. The van der Waals surface area contributed by atoms with Crippen molar-refractivity contribution in [3.63, 3.8) is 0 Å². The Morgan fingerprint density at radius 3 is 2.84 bits per heavy atom. The first-order chi connectivity index (χ1) is 8.99. The molecule has 0 spiro atoms. The van der Waals surface area contributed by atoms with Crippen LogP contribution in [0.25, 0.3) is 0 Å². The highest BCUT2D eigenvalue weighted by Gasteiger charge is 2.34. The molecule has 19 heavy (non-hydrogen) atoms. The SMILES string of the molecule is Cc1ccc(NC(=O)N2CCC[C@@H]2C(=O)O)c(Cl)c1. The fourth-order valence-corrected chi connectivity index (χ4v) is 2.46. The van der Waals surface area contributed by atoms with E-state index < -0.39 is 18.0 Å². The van der Waals surface area contributed by atoms with Gasteiger partial charge in [0.25, 0.3) is 0 Å². The minimum Gasteiger partial charge on any atom is -0.480 e. The second kappa shape index (κ2) is 5.48. The van der Waals surface area contributed by atoms with Crippen molar-refractivity contribution in [2.24, 2.45) is 0 Å². The molecule has 1 aromatic rings. The number of carboxylic acids is 1. The van der Waals surface area contributed by atoms with Crippen LogP contribution in [0.3, 0.4) is 0 Å². The number of likely N-dealkylation sites (tertiary alicyclic amines) is 1. The Labute approximate surface area is 116 Å². The molecule has 2 rings (SSSR count). The van der Waals surface area contributed by atoms with Gasteiger partial charge in [-0.3, -0.25) is 0 Å². The van der Waals surface area contributed by atoms with E-state index in [1.165, 1.54) is 4.90 Å². The van der Waals surface area contributed by atoms with E-state index in [-0.39, 0.29) is 0 Å². The number of hydrogen-bond donors (Lipinski definition) is 2. The second-order valence-corrected chi connectivity index (χ2v) is 5.01. The summed E-state index contributed by atoms with van der Waals surface area (Å²) in [6.07, 6.45) is 1.19. The number of carbonyl (C=O) groups is 2. The Morgan fingerprint density at radius 2 is 2.21 bits per heavy atom. The second-order valence-electron chi connectivity index (χ2n) is 4.60. The third-order valence-corrected chi connectivity index (χ3v) is 3.48. The van der Waals surface area contributed by atoms with E-state index >= 15 is 0 Å². The van der Waals surface area contributed by atoms with E-state index in [0.717, 1.165) is 5.56 Å². The maximum atomic E-state index is 12.1. The number of urea groups is 1. The van der Waals surface area contributed by atoms with Crippen molar-refractivity contribution in [2.75, 3.05) is 11.9 Å². The van der Waals surface area contributed by atoms with Crippen LogP contribution < -0.4 is 5.32 Å². The van der Waals surface area contributed by atoms with Gasteiger partial charge in [-0.05, 0) is 37.5 Å². The summed E-state index contributed by atoms with van der Waals surface area (Å²) in [5, 5.41) is 12.1. The predicted molar refractivity (Wildman–Crippen MR) is 72.6 cm³/mol. The molecule has 1 fully saturated rings. The van der Waals surface area contributed by atoms with Gasteiger partial charge in [0.05, 0.1) is 10.7 Å². The maximum absolute atomic E-state index is 12.1. The van der Waals surface area contributed by atoms with Crippen molar-refractivity contribution in [3.8, 4) is 0 Å². The molecular weight excluding hydrogens is 268 g/mol. The molecule has 2 amide bonds. The Bertz CT molecular complexity index is 519. The third kappa shape index (κ3) is 2.98. The lowest BCUT2D eigenvalue weighted by Gasteiger charge is -2.22. The molecular formula is C13H15ClN2O3. The summed E-state index contributed by atoms with van der Waals surface area (Å²) < 4.78 is 0. The van der Waals surface area contributed by atoms with E-state index in [1.807, 2.05) is 13.0 Å². The van der Waals surface area contributed by atoms with Crippen LogP contribution in [-0.4, -0.2) is 34.6 Å². The Hall–Kier alpha value is -1.75. The highest BCUT2D eigenvalue weighted by molar-refractivity contribution is 6.33. The van der Waals surface area contributed by atoms with Crippen molar-refractivity contribution in [2.45, 2.75) is 25.8 Å². The van der Waals surface area contributed by atoms with Crippen LogP contribution in [-0.2, 0) is 4.79 Å². The van der Waals surface area contributed by atoms with Gasteiger partial charge >= 0.3 is 12.0 Å². The van der Waals surface area contributed by atoms with Gasteiger partial charge in [-0.25, -0.2) is 9.59 Å². The fourth-order valence-electron chi connectivity index (χ4n) is 2.18. The number of nitrogens with one attached hydrogen (secondary N) is 1. The summed E-state index contributed by atoms with van der Waals surface area (Å²) in [6, 6.07) is 4.12. The number of carbonyl (C=O) groups excluding carboxylic acids is 1. The molecule has 1 aliphatic heterocycles. The number of rotatable bonds is 2. The highest BCUT2D eigenvalue weighted by atomic mass is 35.5. The third-order valence-electron chi connectivity index (χ3n) is 3.16. The van der Waals surface area contributed by atoms with Crippen molar-refractivity contribution in [3.05, 3.63) is 28.8 Å². The largest absolute Gasteiger partial charge is 0.480 e. The zero-order chi connectivity index (χ0) is 14.0. The Balaban J connectivity index is 2.10. The highest BCUT2D eigenvalue weighted by Crippen LogP contribution is 2.24. The number of nitrogens with zero attached hydrogens (tertiary/aromatic N) is 1. The summed E-state index contributed by atoms with van der Waals surface area (Å²) in [5.41, 5.74) is 1.49. The van der Waals surface area contributed by atoms with Crippen LogP contribution >= 0.6 is 11.6 Å². The van der Waals surface area contributed by atoms with E-state index in [1.54, 1.807) is 12.1 Å². The molecule has 102 valence electrons. The molecule has 2 N–H and O–H groups in total. The lowest BCUT2D eigenvalue weighted by molar-refractivity contribution is -0.141. The zero-order valence-electron chi connectivity index (χ0n) is 10.5. The number of anilines is 1.